The van der Waals surface area contributed by atoms with Gasteiger partial charge in [-0.1, -0.05) is 29.8 Å². The molecule has 4 nitrogen and oxygen atoms in total. The van der Waals surface area contributed by atoms with Crippen LogP contribution in [0.5, 0.6) is 0 Å². The van der Waals surface area contributed by atoms with Gasteiger partial charge in [-0.2, -0.15) is 0 Å². The predicted octanol–water partition coefficient (Wildman–Crippen LogP) is 3.25. The minimum atomic E-state index is -0.861. The number of aryl methyl sites for hydroxylation is 1. The van der Waals surface area contributed by atoms with E-state index in [0.29, 0.717) is 12.4 Å². The fraction of sp³-hybridized carbons (Fsp3) is 0.267. The number of rotatable bonds is 6. The number of hydrogen-bond donors (Lipinski definition) is 1. The zero-order chi connectivity index (χ0) is 13.7. The maximum atomic E-state index is 10.3. The first-order chi connectivity index (χ1) is 9.15. The smallest absolute Gasteiger partial charge is 0.305 e. The maximum Gasteiger partial charge on any atom is 0.305 e. The summed E-state index contributed by atoms with van der Waals surface area (Å²) in [4.78, 5) is 10.3. The summed E-state index contributed by atoms with van der Waals surface area (Å²) in [5.74, 6) is 0.623. The van der Waals surface area contributed by atoms with E-state index in [4.69, 9.17) is 14.3 Å². The van der Waals surface area contributed by atoms with Gasteiger partial charge in [-0.05, 0) is 19.1 Å². The fourth-order valence-electron chi connectivity index (χ4n) is 1.66. The van der Waals surface area contributed by atoms with Crippen molar-refractivity contribution in [3.63, 3.8) is 0 Å². The van der Waals surface area contributed by atoms with Crippen molar-refractivity contribution >= 4 is 5.97 Å². The summed E-state index contributed by atoms with van der Waals surface area (Å²) >= 11 is 0. The van der Waals surface area contributed by atoms with Gasteiger partial charge in [-0.15, -0.1) is 0 Å². The Labute approximate surface area is 111 Å². The van der Waals surface area contributed by atoms with Gasteiger partial charge >= 0.3 is 5.97 Å². The van der Waals surface area contributed by atoms with Gasteiger partial charge in [0.05, 0.1) is 13.0 Å². The SMILES string of the molecule is Cc1ccc(-c2ccc(COCCC(=O)O)o2)cc1. The summed E-state index contributed by atoms with van der Waals surface area (Å²) in [6.07, 6.45) is 0.00548. The Balaban J connectivity index is 1.91. The molecule has 0 aliphatic rings. The summed E-state index contributed by atoms with van der Waals surface area (Å²) in [5.41, 5.74) is 2.22. The van der Waals surface area contributed by atoms with E-state index < -0.39 is 5.97 Å². The Morgan fingerprint density at radius 1 is 1.21 bits per heavy atom. The lowest BCUT2D eigenvalue weighted by Crippen LogP contribution is -2.02. The average Bonchev–Trinajstić information content (AvgIpc) is 2.84. The van der Waals surface area contributed by atoms with E-state index in [1.165, 1.54) is 5.56 Å². The third-order valence-electron chi connectivity index (χ3n) is 2.70. The van der Waals surface area contributed by atoms with Crippen LogP contribution in [0.1, 0.15) is 17.7 Å². The lowest BCUT2D eigenvalue weighted by atomic mass is 10.1. The number of aliphatic carboxylic acids is 1. The molecule has 0 radical (unpaired) electrons. The zero-order valence-electron chi connectivity index (χ0n) is 10.8. The maximum absolute atomic E-state index is 10.3. The van der Waals surface area contributed by atoms with Crippen LogP contribution in [0.2, 0.25) is 0 Å². The van der Waals surface area contributed by atoms with Crippen LogP contribution in [0.4, 0.5) is 0 Å². The van der Waals surface area contributed by atoms with E-state index in [9.17, 15) is 4.79 Å². The molecule has 0 atom stereocenters. The zero-order valence-corrected chi connectivity index (χ0v) is 10.8. The lowest BCUT2D eigenvalue weighted by molar-refractivity contribution is -0.138. The highest BCUT2D eigenvalue weighted by Gasteiger charge is 2.05. The molecule has 4 heteroatoms. The number of carbonyl (C=O) groups is 1. The first-order valence-electron chi connectivity index (χ1n) is 6.10. The van der Waals surface area contributed by atoms with Gasteiger partial charge in [0, 0.05) is 5.56 Å². The molecule has 0 unspecified atom stereocenters. The van der Waals surface area contributed by atoms with Crippen LogP contribution < -0.4 is 0 Å². The summed E-state index contributed by atoms with van der Waals surface area (Å²) < 4.78 is 10.9. The molecule has 1 aromatic carbocycles. The number of ether oxygens (including phenoxy) is 1. The quantitative estimate of drug-likeness (QED) is 0.810. The Morgan fingerprint density at radius 2 is 1.95 bits per heavy atom. The highest BCUT2D eigenvalue weighted by atomic mass is 16.5. The fourth-order valence-corrected chi connectivity index (χ4v) is 1.66. The minimum Gasteiger partial charge on any atom is -0.481 e. The molecule has 0 spiro atoms. The van der Waals surface area contributed by atoms with E-state index in [1.54, 1.807) is 0 Å². The lowest BCUT2D eigenvalue weighted by Gasteiger charge is -2.00. The molecular weight excluding hydrogens is 244 g/mol. The van der Waals surface area contributed by atoms with E-state index in [-0.39, 0.29) is 13.0 Å². The van der Waals surface area contributed by atoms with Gasteiger partial charge in [0.25, 0.3) is 0 Å². The predicted molar refractivity (Wildman–Crippen MR) is 70.8 cm³/mol. The summed E-state index contributed by atoms with van der Waals surface area (Å²) in [6, 6.07) is 11.8. The molecule has 0 aliphatic heterocycles. The highest BCUT2D eigenvalue weighted by Crippen LogP contribution is 2.22. The van der Waals surface area contributed by atoms with Crippen LogP contribution in [0.3, 0.4) is 0 Å². The van der Waals surface area contributed by atoms with Crippen molar-refractivity contribution in [3.05, 3.63) is 47.7 Å². The first-order valence-corrected chi connectivity index (χ1v) is 6.10. The van der Waals surface area contributed by atoms with Crippen LogP contribution in [0.25, 0.3) is 11.3 Å². The standard InChI is InChI=1S/C15H16O4/c1-11-2-4-12(5-3-11)14-7-6-13(19-14)10-18-9-8-15(16)17/h2-7H,8-10H2,1H3,(H,16,17). The van der Waals surface area contributed by atoms with Gasteiger partial charge in [-0.25, -0.2) is 0 Å². The van der Waals surface area contributed by atoms with Gasteiger partial charge in [0.15, 0.2) is 0 Å². The van der Waals surface area contributed by atoms with Crippen molar-refractivity contribution in [1.82, 2.24) is 0 Å². The third-order valence-corrected chi connectivity index (χ3v) is 2.70. The van der Waals surface area contributed by atoms with Crippen molar-refractivity contribution in [1.29, 1.82) is 0 Å². The number of carboxylic acid groups (broad SMARTS) is 1. The molecule has 0 saturated carbocycles. The summed E-state index contributed by atoms with van der Waals surface area (Å²) in [6.45, 7) is 2.52. The Morgan fingerprint density at radius 3 is 2.63 bits per heavy atom. The van der Waals surface area contributed by atoms with Crippen molar-refractivity contribution in [3.8, 4) is 11.3 Å². The molecule has 2 aromatic rings. The normalized spacial score (nSPS) is 10.6. The second kappa shape index (κ2) is 6.20. The number of furan rings is 1. The number of carboxylic acids is 1. The molecule has 1 aromatic heterocycles. The second-order valence-corrected chi connectivity index (χ2v) is 4.33. The Kier molecular flexibility index (Phi) is 4.36. The van der Waals surface area contributed by atoms with Gasteiger partial charge in [0.1, 0.15) is 18.1 Å². The van der Waals surface area contributed by atoms with Gasteiger partial charge < -0.3 is 14.3 Å². The number of hydrogen-bond acceptors (Lipinski definition) is 3. The van der Waals surface area contributed by atoms with Crippen molar-refractivity contribution in [2.24, 2.45) is 0 Å². The largest absolute Gasteiger partial charge is 0.481 e. The third kappa shape index (κ3) is 3.96. The van der Waals surface area contributed by atoms with E-state index in [2.05, 4.69) is 0 Å². The topological polar surface area (TPSA) is 59.7 Å². The van der Waals surface area contributed by atoms with Gasteiger partial charge in [-0.3, -0.25) is 4.79 Å². The highest BCUT2D eigenvalue weighted by molar-refractivity contribution is 5.66. The van der Waals surface area contributed by atoms with Gasteiger partial charge in [0.2, 0.25) is 0 Å². The molecule has 0 saturated heterocycles. The van der Waals surface area contributed by atoms with E-state index in [0.717, 1.165) is 11.3 Å². The van der Waals surface area contributed by atoms with Crippen molar-refractivity contribution < 1.29 is 19.1 Å². The van der Waals surface area contributed by atoms with Crippen LogP contribution in [-0.2, 0) is 16.1 Å². The van der Waals surface area contributed by atoms with E-state index in [1.807, 2.05) is 43.3 Å². The molecule has 0 amide bonds. The molecular formula is C15H16O4. The summed E-state index contributed by atoms with van der Waals surface area (Å²) in [7, 11) is 0. The van der Waals surface area contributed by atoms with E-state index >= 15 is 0 Å². The Bertz CT molecular complexity index is 540. The molecule has 2 rings (SSSR count). The van der Waals surface area contributed by atoms with Crippen LogP contribution >= 0.6 is 0 Å². The van der Waals surface area contributed by atoms with Crippen LogP contribution in [0, 0.1) is 6.92 Å². The Hall–Kier alpha value is -2.07. The molecule has 100 valence electrons. The molecule has 19 heavy (non-hydrogen) atoms. The van der Waals surface area contributed by atoms with Crippen LogP contribution in [0.15, 0.2) is 40.8 Å². The minimum absolute atomic E-state index is 0.00548. The van der Waals surface area contributed by atoms with Crippen molar-refractivity contribution in [2.75, 3.05) is 6.61 Å². The number of benzene rings is 1. The molecule has 0 aliphatic carbocycles. The molecule has 0 bridgehead atoms. The van der Waals surface area contributed by atoms with Crippen LogP contribution in [-0.4, -0.2) is 17.7 Å². The first kappa shape index (κ1) is 13.4. The average molecular weight is 260 g/mol. The van der Waals surface area contributed by atoms with Crippen molar-refractivity contribution in [2.45, 2.75) is 20.0 Å². The summed E-state index contributed by atoms with van der Waals surface area (Å²) in [5, 5.41) is 8.48. The monoisotopic (exact) mass is 260 g/mol. The second-order valence-electron chi connectivity index (χ2n) is 4.33. The molecule has 0 fully saturated rings. The molecule has 1 heterocycles. The molecule has 1 N–H and O–H groups in total.